The van der Waals surface area contributed by atoms with E-state index in [2.05, 4.69) is 40.6 Å². The molecule has 0 saturated carbocycles. The zero-order valence-electron chi connectivity index (χ0n) is 19.8. The first-order valence-corrected chi connectivity index (χ1v) is 13.7. The van der Waals surface area contributed by atoms with Crippen molar-refractivity contribution in [3.63, 3.8) is 0 Å². The van der Waals surface area contributed by atoms with Gasteiger partial charge in [0.1, 0.15) is 0 Å². The molecule has 11 heteroatoms. The molecule has 1 amide bonds. The molecule has 10 nitrogen and oxygen atoms in total. The van der Waals surface area contributed by atoms with Crippen molar-refractivity contribution in [3.8, 4) is 0 Å². The molecular formula is C22H37N4O6Si. The topological polar surface area (TPSA) is 124 Å². The van der Waals surface area contributed by atoms with Gasteiger partial charge in [0.25, 0.3) is 0 Å². The van der Waals surface area contributed by atoms with E-state index in [0.29, 0.717) is 85.6 Å². The van der Waals surface area contributed by atoms with Gasteiger partial charge < -0.3 is 29.0 Å². The van der Waals surface area contributed by atoms with Gasteiger partial charge in [-0.2, -0.15) is 0 Å². The number of carbonyl (C=O) groups excluding carboxylic acids is 1. The van der Waals surface area contributed by atoms with Crippen LogP contribution in [-0.4, -0.2) is 93.9 Å². The number of hydrogen-bond acceptors (Lipinski definition) is 7. The summed E-state index contributed by atoms with van der Waals surface area (Å²) in [5.41, 5.74) is 9.16. The summed E-state index contributed by atoms with van der Waals surface area (Å²) in [6, 6.07) is 8.27. The number of ether oxygens (including phenoxy) is 5. The van der Waals surface area contributed by atoms with E-state index in [4.69, 9.17) is 29.2 Å². The number of nitrogens with zero attached hydrogens (tertiary/aromatic N) is 3. The molecule has 0 aliphatic heterocycles. The Morgan fingerprint density at radius 1 is 0.909 bits per heavy atom. The van der Waals surface area contributed by atoms with Crippen LogP contribution in [0.3, 0.4) is 0 Å². The number of rotatable bonds is 21. The Kier molecular flexibility index (Phi) is 18.1. The minimum Gasteiger partial charge on any atom is -0.379 e. The number of carbonyl (C=O) groups is 1. The fraction of sp³-hybridized carbons (Fsp3) is 0.682. The second kappa shape index (κ2) is 20.6. The lowest BCUT2D eigenvalue weighted by atomic mass is 10.1. The lowest BCUT2D eigenvalue weighted by molar-refractivity contribution is -0.120. The van der Waals surface area contributed by atoms with Gasteiger partial charge in [-0.05, 0) is 11.1 Å². The van der Waals surface area contributed by atoms with Crippen LogP contribution in [0.15, 0.2) is 29.4 Å². The second-order valence-corrected chi connectivity index (χ2v) is 9.82. The summed E-state index contributed by atoms with van der Waals surface area (Å²) in [5, 5.41) is 7.59. The average molecular weight is 482 g/mol. The van der Waals surface area contributed by atoms with Crippen LogP contribution in [0.5, 0.6) is 0 Å². The Labute approximate surface area is 198 Å². The third kappa shape index (κ3) is 17.2. The quantitative estimate of drug-likeness (QED) is 0.0937. The molecule has 1 radical (unpaired) electrons. The molecule has 0 unspecified atom stereocenters. The molecule has 0 aromatic heterocycles. The first-order chi connectivity index (χ1) is 16.1. The lowest BCUT2D eigenvalue weighted by Gasteiger charge is -2.09. The third-order valence-corrected chi connectivity index (χ3v) is 5.79. The molecule has 0 spiro atoms. The molecule has 185 valence electrons. The zero-order chi connectivity index (χ0) is 24.0. The van der Waals surface area contributed by atoms with Crippen molar-refractivity contribution in [2.75, 3.05) is 79.2 Å². The van der Waals surface area contributed by atoms with E-state index >= 15 is 0 Å². The molecule has 0 aliphatic carbocycles. The van der Waals surface area contributed by atoms with Crippen molar-refractivity contribution < 1.29 is 28.5 Å². The van der Waals surface area contributed by atoms with Gasteiger partial charge in [0.05, 0.1) is 81.3 Å². The van der Waals surface area contributed by atoms with Crippen molar-refractivity contribution in [2.24, 2.45) is 5.11 Å². The van der Waals surface area contributed by atoms with E-state index < -0.39 is 8.80 Å². The van der Waals surface area contributed by atoms with E-state index in [1.54, 1.807) is 0 Å². The lowest BCUT2D eigenvalue weighted by Crippen LogP contribution is -2.30. The first-order valence-electron chi connectivity index (χ1n) is 11.2. The molecule has 1 aromatic rings. The Morgan fingerprint density at radius 2 is 1.45 bits per heavy atom. The highest BCUT2D eigenvalue weighted by Crippen LogP contribution is 1.99. The van der Waals surface area contributed by atoms with Gasteiger partial charge in [0.15, 0.2) is 0 Å². The number of benzene rings is 1. The Balaban J connectivity index is 1.83. The fourth-order valence-corrected chi connectivity index (χ4v) is 3.54. The van der Waals surface area contributed by atoms with Crippen LogP contribution in [0.2, 0.25) is 13.1 Å². The van der Waals surface area contributed by atoms with E-state index in [1.807, 2.05) is 12.1 Å². The van der Waals surface area contributed by atoms with Crippen LogP contribution in [0, 0.1) is 0 Å². The highest BCUT2D eigenvalue weighted by Gasteiger charge is 2.06. The van der Waals surface area contributed by atoms with Crippen LogP contribution in [0.4, 0.5) is 0 Å². The summed E-state index contributed by atoms with van der Waals surface area (Å²) in [7, 11) is -0.507. The molecule has 0 fully saturated rings. The Morgan fingerprint density at radius 3 is 2.00 bits per heavy atom. The second-order valence-electron chi connectivity index (χ2n) is 7.24. The number of amides is 1. The van der Waals surface area contributed by atoms with Gasteiger partial charge in [-0.3, -0.25) is 4.79 Å². The first kappa shape index (κ1) is 29.0. The molecule has 0 aliphatic rings. The van der Waals surface area contributed by atoms with Gasteiger partial charge in [0, 0.05) is 18.0 Å². The summed E-state index contributed by atoms with van der Waals surface area (Å²) < 4.78 is 26.9. The summed E-state index contributed by atoms with van der Waals surface area (Å²) in [6.07, 6.45) is 0.393. The van der Waals surface area contributed by atoms with Crippen molar-refractivity contribution >= 4 is 19.9 Å². The molecule has 1 aromatic carbocycles. The van der Waals surface area contributed by atoms with Crippen LogP contribution in [-0.2, 0) is 34.9 Å². The zero-order valence-corrected chi connectivity index (χ0v) is 20.8. The highest BCUT2D eigenvalue weighted by molar-refractivity contribution is 6.70. The highest BCUT2D eigenvalue weighted by atomic mass is 28.3. The Hall–Kier alpha value is -1.98. The van der Waals surface area contributed by atoms with Gasteiger partial charge in [-0.15, -0.1) is 0 Å². The normalized spacial score (nSPS) is 10.9. The molecule has 0 bridgehead atoms. The largest absolute Gasteiger partial charge is 0.379 e. The average Bonchev–Trinajstić information content (AvgIpc) is 2.80. The Bertz CT molecular complexity index is 689. The number of azide groups is 1. The minimum atomic E-state index is -0.507. The van der Waals surface area contributed by atoms with Gasteiger partial charge in [-0.1, -0.05) is 47.7 Å². The smallest absolute Gasteiger partial charge is 0.224 e. The van der Waals surface area contributed by atoms with Crippen LogP contribution < -0.4 is 10.5 Å². The third-order valence-electron chi connectivity index (χ3n) is 4.32. The van der Waals surface area contributed by atoms with Gasteiger partial charge in [0.2, 0.25) is 5.91 Å². The van der Waals surface area contributed by atoms with E-state index in [9.17, 15) is 4.79 Å². The number of hydrogen-bond donors (Lipinski definition) is 1. The molecule has 1 rings (SSSR count). The van der Waals surface area contributed by atoms with Crippen molar-refractivity contribution in [1.29, 1.82) is 0 Å². The predicted octanol–water partition coefficient (Wildman–Crippen LogP) is 1.70. The van der Waals surface area contributed by atoms with Crippen LogP contribution >= 0.6 is 0 Å². The SMILES string of the molecule is C[Si](C)c1cccc(CC(=O)NCCOCCOCCOCCOCCOCCN=[N+]=[N-])c1. The number of nitrogens with one attached hydrogen (secondary N) is 1. The maximum atomic E-state index is 12.0. The van der Waals surface area contributed by atoms with E-state index in [0.717, 1.165) is 5.56 Å². The van der Waals surface area contributed by atoms with E-state index in [-0.39, 0.29) is 5.91 Å². The summed E-state index contributed by atoms with van der Waals surface area (Å²) in [6.45, 7) is 9.98. The van der Waals surface area contributed by atoms with Gasteiger partial charge >= 0.3 is 0 Å². The summed E-state index contributed by atoms with van der Waals surface area (Å²) >= 11 is 0. The molecule has 1 N–H and O–H groups in total. The molecule has 0 heterocycles. The molecule has 33 heavy (non-hydrogen) atoms. The molecule has 0 saturated heterocycles. The van der Waals surface area contributed by atoms with Crippen molar-refractivity contribution in [3.05, 3.63) is 40.3 Å². The maximum Gasteiger partial charge on any atom is 0.224 e. The van der Waals surface area contributed by atoms with Crippen molar-refractivity contribution in [1.82, 2.24) is 5.32 Å². The van der Waals surface area contributed by atoms with Gasteiger partial charge in [-0.25, -0.2) is 0 Å². The van der Waals surface area contributed by atoms with Crippen LogP contribution in [0.1, 0.15) is 5.56 Å². The fourth-order valence-electron chi connectivity index (χ4n) is 2.63. The predicted molar refractivity (Wildman–Crippen MR) is 128 cm³/mol. The molecular weight excluding hydrogens is 444 g/mol. The summed E-state index contributed by atoms with van der Waals surface area (Å²) in [4.78, 5) is 14.7. The molecule has 0 atom stereocenters. The summed E-state index contributed by atoms with van der Waals surface area (Å²) in [5.74, 6) is 0.00644. The maximum absolute atomic E-state index is 12.0. The minimum absolute atomic E-state index is 0.00644. The van der Waals surface area contributed by atoms with E-state index in [1.165, 1.54) is 5.19 Å². The monoisotopic (exact) mass is 481 g/mol. The van der Waals surface area contributed by atoms with Crippen LogP contribution in [0.25, 0.3) is 10.4 Å². The standard InChI is InChI=1S/C22H37N4O6Si/c1-33(2)21-5-3-4-20(18-21)19-22(27)24-6-8-28-10-12-30-14-16-32-17-15-31-13-11-29-9-7-25-26-23/h3-5,18H,6-17,19H2,1-2H3,(H,24,27). The van der Waals surface area contributed by atoms with Crippen molar-refractivity contribution in [2.45, 2.75) is 19.5 Å².